The molecule has 2 rings (SSSR count). The summed E-state index contributed by atoms with van der Waals surface area (Å²) < 4.78 is 0. The quantitative estimate of drug-likeness (QED) is 0.790. The third-order valence-corrected chi connectivity index (χ3v) is 3.38. The van der Waals surface area contributed by atoms with Gasteiger partial charge in [-0.1, -0.05) is 23.2 Å². The fraction of sp³-hybridized carbons (Fsp3) is 0.300. The van der Waals surface area contributed by atoms with E-state index in [-0.39, 0.29) is 5.56 Å². The molecule has 2 nitrogen and oxygen atoms in total. The molecule has 80 valence electrons. The summed E-state index contributed by atoms with van der Waals surface area (Å²) in [7, 11) is 0. The average Bonchev–Trinajstić information content (AvgIpc) is 2.17. The Morgan fingerprint density at radius 2 is 2.13 bits per heavy atom. The molecular formula is C10H8Cl3NO. The Hall–Kier alpha value is -0.280. The smallest absolute Gasteiger partial charge is 0.255 e. The Morgan fingerprint density at radius 1 is 1.40 bits per heavy atom. The third-order valence-electron chi connectivity index (χ3n) is 2.48. The van der Waals surface area contributed by atoms with Gasteiger partial charge >= 0.3 is 0 Å². The Bertz CT molecular complexity index is 431. The van der Waals surface area contributed by atoms with Crippen LogP contribution < -0.4 is 5.32 Å². The van der Waals surface area contributed by atoms with Crippen molar-refractivity contribution in [2.75, 3.05) is 6.54 Å². The van der Waals surface area contributed by atoms with Crippen LogP contribution in [0.1, 0.15) is 21.5 Å². The van der Waals surface area contributed by atoms with Crippen LogP contribution in [0.4, 0.5) is 0 Å². The Morgan fingerprint density at radius 3 is 2.80 bits per heavy atom. The van der Waals surface area contributed by atoms with Crippen LogP contribution in [0.3, 0.4) is 0 Å². The Kier molecular flexibility index (Phi) is 3.21. The molecule has 1 aromatic carbocycles. The van der Waals surface area contributed by atoms with Crippen LogP contribution in [0.5, 0.6) is 0 Å². The highest BCUT2D eigenvalue weighted by atomic mass is 35.5. The topological polar surface area (TPSA) is 29.1 Å². The number of carbonyl (C=O) groups excluding carboxylic acids is 1. The lowest BCUT2D eigenvalue weighted by atomic mass is 9.98. The lowest BCUT2D eigenvalue weighted by molar-refractivity contribution is 0.108. The molecule has 1 aromatic rings. The lowest BCUT2D eigenvalue weighted by Crippen LogP contribution is -2.24. The van der Waals surface area contributed by atoms with Gasteiger partial charge in [0, 0.05) is 6.54 Å². The van der Waals surface area contributed by atoms with Crippen LogP contribution in [0.15, 0.2) is 6.07 Å². The number of hydrogen-bond donors (Lipinski definition) is 1. The Labute approximate surface area is 103 Å². The monoisotopic (exact) mass is 263 g/mol. The van der Waals surface area contributed by atoms with E-state index in [1.807, 2.05) is 0 Å². The molecule has 1 heterocycles. The van der Waals surface area contributed by atoms with Crippen molar-refractivity contribution in [3.63, 3.8) is 0 Å². The van der Waals surface area contributed by atoms with E-state index >= 15 is 0 Å². The van der Waals surface area contributed by atoms with E-state index in [0.717, 1.165) is 30.6 Å². The molecule has 0 bridgehead atoms. The van der Waals surface area contributed by atoms with Gasteiger partial charge in [-0.3, -0.25) is 4.79 Å². The summed E-state index contributed by atoms with van der Waals surface area (Å²) in [4.78, 5) is 11.2. The van der Waals surface area contributed by atoms with Crippen LogP contribution in [0.2, 0.25) is 10.0 Å². The molecule has 0 fully saturated rings. The SMILES string of the molecule is O=C(Cl)c1c(Cl)cc2c(c1Cl)CCNC2. The molecule has 0 saturated carbocycles. The Balaban J connectivity index is 2.64. The maximum atomic E-state index is 11.2. The van der Waals surface area contributed by atoms with Gasteiger partial charge in [-0.2, -0.15) is 0 Å². The van der Waals surface area contributed by atoms with E-state index in [1.54, 1.807) is 6.07 Å². The normalized spacial score (nSPS) is 14.9. The van der Waals surface area contributed by atoms with Crippen LogP contribution in [-0.2, 0) is 13.0 Å². The summed E-state index contributed by atoms with van der Waals surface area (Å²) >= 11 is 17.5. The van der Waals surface area contributed by atoms with Gasteiger partial charge in [0.05, 0.1) is 15.6 Å². The minimum absolute atomic E-state index is 0.223. The molecule has 1 aliphatic heterocycles. The standard InChI is InChI=1S/C10H8Cl3NO/c11-7-3-5-4-14-2-1-6(5)9(12)8(7)10(13)15/h3,14H,1-2,4H2. The minimum atomic E-state index is -0.605. The van der Waals surface area contributed by atoms with Crippen molar-refractivity contribution in [3.8, 4) is 0 Å². The highest BCUT2D eigenvalue weighted by Gasteiger charge is 2.21. The maximum Gasteiger partial charge on any atom is 0.255 e. The predicted octanol–water partition coefficient (Wildman–Crippen LogP) is 3.02. The molecule has 0 saturated heterocycles. The summed E-state index contributed by atoms with van der Waals surface area (Å²) in [6, 6.07) is 1.75. The summed E-state index contributed by atoms with van der Waals surface area (Å²) in [5.74, 6) is 0. The molecule has 0 radical (unpaired) electrons. The molecule has 0 unspecified atom stereocenters. The molecule has 1 N–H and O–H groups in total. The van der Waals surface area contributed by atoms with Crippen molar-refractivity contribution in [2.45, 2.75) is 13.0 Å². The zero-order valence-corrected chi connectivity index (χ0v) is 10.0. The second kappa shape index (κ2) is 4.30. The minimum Gasteiger partial charge on any atom is -0.312 e. The van der Waals surface area contributed by atoms with E-state index < -0.39 is 5.24 Å². The first-order chi connectivity index (χ1) is 7.11. The first-order valence-corrected chi connectivity index (χ1v) is 5.65. The van der Waals surface area contributed by atoms with Crippen molar-refractivity contribution >= 4 is 40.0 Å². The maximum absolute atomic E-state index is 11.2. The second-order valence-corrected chi connectivity index (χ2v) is 4.51. The van der Waals surface area contributed by atoms with Crippen molar-refractivity contribution in [1.29, 1.82) is 0 Å². The largest absolute Gasteiger partial charge is 0.312 e. The first kappa shape index (κ1) is 11.2. The molecular weight excluding hydrogens is 256 g/mol. The average molecular weight is 265 g/mol. The van der Waals surface area contributed by atoms with Crippen LogP contribution in [-0.4, -0.2) is 11.8 Å². The summed E-state index contributed by atoms with van der Waals surface area (Å²) in [5, 5.41) is 3.33. The van der Waals surface area contributed by atoms with Gasteiger partial charge in [-0.25, -0.2) is 0 Å². The fourth-order valence-electron chi connectivity index (χ4n) is 1.75. The number of benzene rings is 1. The molecule has 0 aliphatic carbocycles. The number of rotatable bonds is 1. The molecule has 0 aromatic heterocycles. The highest BCUT2D eigenvalue weighted by Crippen LogP contribution is 2.33. The molecule has 0 spiro atoms. The summed E-state index contributed by atoms with van der Waals surface area (Å²) in [5.41, 5.74) is 2.24. The third kappa shape index (κ3) is 2.00. The van der Waals surface area contributed by atoms with Crippen LogP contribution >= 0.6 is 34.8 Å². The van der Waals surface area contributed by atoms with Gasteiger partial charge in [-0.15, -0.1) is 0 Å². The number of halogens is 3. The second-order valence-electron chi connectivity index (χ2n) is 3.39. The number of fused-ring (bicyclic) bond motifs is 1. The molecule has 5 heteroatoms. The van der Waals surface area contributed by atoms with Gasteiger partial charge in [0.2, 0.25) is 0 Å². The van der Waals surface area contributed by atoms with E-state index in [2.05, 4.69) is 5.32 Å². The zero-order valence-electron chi connectivity index (χ0n) is 7.74. The zero-order chi connectivity index (χ0) is 11.0. The highest BCUT2D eigenvalue weighted by molar-refractivity contribution is 6.70. The van der Waals surface area contributed by atoms with Crippen molar-refractivity contribution < 1.29 is 4.79 Å². The van der Waals surface area contributed by atoms with E-state index in [4.69, 9.17) is 34.8 Å². The summed E-state index contributed by atoms with van der Waals surface area (Å²) in [6.45, 7) is 1.58. The van der Waals surface area contributed by atoms with E-state index in [0.29, 0.717) is 10.0 Å². The van der Waals surface area contributed by atoms with E-state index in [9.17, 15) is 4.79 Å². The van der Waals surface area contributed by atoms with Crippen molar-refractivity contribution in [2.24, 2.45) is 0 Å². The molecule has 0 atom stereocenters. The number of carbonyl (C=O) groups is 1. The van der Waals surface area contributed by atoms with Crippen LogP contribution in [0, 0.1) is 0 Å². The lowest BCUT2D eigenvalue weighted by Gasteiger charge is -2.20. The number of nitrogens with one attached hydrogen (secondary N) is 1. The molecule has 0 amide bonds. The van der Waals surface area contributed by atoms with Gasteiger partial charge in [0.15, 0.2) is 0 Å². The fourth-order valence-corrected chi connectivity index (χ4v) is 2.81. The number of hydrogen-bond acceptors (Lipinski definition) is 2. The van der Waals surface area contributed by atoms with Gasteiger partial charge in [0.25, 0.3) is 5.24 Å². The van der Waals surface area contributed by atoms with Gasteiger partial charge in [-0.05, 0) is 41.8 Å². The van der Waals surface area contributed by atoms with Crippen molar-refractivity contribution in [3.05, 3.63) is 32.8 Å². The predicted molar refractivity (Wildman–Crippen MR) is 62.1 cm³/mol. The molecule has 1 aliphatic rings. The van der Waals surface area contributed by atoms with Crippen molar-refractivity contribution in [1.82, 2.24) is 5.32 Å². The van der Waals surface area contributed by atoms with E-state index in [1.165, 1.54) is 0 Å². The van der Waals surface area contributed by atoms with Gasteiger partial charge < -0.3 is 5.32 Å². The van der Waals surface area contributed by atoms with Gasteiger partial charge in [0.1, 0.15) is 0 Å². The summed E-state index contributed by atoms with van der Waals surface area (Å²) in [6.07, 6.45) is 0.794. The first-order valence-electron chi connectivity index (χ1n) is 4.51. The van der Waals surface area contributed by atoms with Crippen LogP contribution in [0.25, 0.3) is 0 Å². The molecule has 15 heavy (non-hydrogen) atoms.